The third-order valence-corrected chi connectivity index (χ3v) is 3.05. The molecule has 0 saturated heterocycles. The van der Waals surface area contributed by atoms with Crippen molar-refractivity contribution in [1.29, 1.82) is 0 Å². The molecule has 0 aliphatic carbocycles. The quantitative estimate of drug-likeness (QED) is 0.865. The van der Waals surface area contributed by atoms with Crippen LogP contribution in [0.4, 0.5) is 4.39 Å². The summed E-state index contributed by atoms with van der Waals surface area (Å²) in [6, 6.07) is 4.72. The van der Waals surface area contributed by atoms with Crippen LogP contribution in [0.1, 0.15) is 20.8 Å². The summed E-state index contributed by atoms with van der Waals surface area (Å²) in [4.78, 5) is 0. The van der Waals surface area contributed by atoms with Crippen LogP contribution < -0.4 is 10.1 Å². The second-order valence-corrected chi connectivity index (χ2v) is 6.26. The van der Waals surface area contributed by atoms with E-state index in [1.807, 2.05) is 0 Å². The van der Waals surface area contributed by atoms with Crippen molar-refractivity contribution in [3.8, 4) is 5.75 Å². The predicted octanol–water partition coefficient (Wildman–Crippen LogP) is 3.37. The summed E-state index contributed by atoms with van der Waals surface area (Å²) in [5, 5.41) is 3.35. The second kappa shape index (κ2) is 7.22. The van der Waals surface area contributed by atoms with Gasteiger partial charge in [-0.15, -0.1) is 0 Å². The highest BCUT2D eigenvalue weighted by molar-refractivity contribution is 9.10. The predicted molar refractivity (Wildman–Crippen MR) is 78.1 cm³/mol. The van der Waals surface area contributed by atoms with Gasteiger partial charge in [0.2, 0.25) is 0 Å². The standard InChI is InChI=1S/C14H21BrFNO2/c1-14(2,3)17-8-11(9-18-4)19-10-5-6-12(15)13(16)7-10/h5-7,11,17H,8-9H2,1-4H3. The summed E-state index contributed by atoms with van der Waals surface area (Å²) in [6.07, 6.45) is -0.162. The van der Waals surface area contributed by atoms with Crippen LogP contribution in [0.5, 0.6) is 5.75 Å². The van der Waals surface area contributed by atoms with E-state index in [9.17, 15) is 4.39 Å². The first-order valence-corrected chi connectivity index (χ1v) is 6.97. The van der Waals surface area contributed by atoms with E-state index in [0.29, 0.717) is 23.4 Å². The van der Waals surface area contributed by atoms with Crippen molar-refractivity contribution >= 4 is 15.9 Å². The van der Waals surface area contributed by atoms with Gasteiger partial charge in [-0.1, -0.05) is 0 Å². The smallest absolute Gasteiger partial charge is 0.141 e. The van der Waals surface area contributed by atoms with Gasteiger partial charge in [-0.3, -0.25) is 0 Å². The molecule has 0 heterocycles. The maximum atomic E-state index is 13.4. The van der Waals surface area contributed by atoms with Crippen molar-refractivity contribution in [2.45, 2.75) is 32.4 Å². The van der Waals surface area contributed by atoms with Crippen molar-refractivity contribution in [2.24, 2.45) is 0 Å². The number of rotatable bonds is 6. The molecule has 0 spiro atoms. The average molecular weight is 334 g/mol. The fraction of sp³-hybridized carbons (Fsp3) is 0.571. The van der Waals surface area contributed by atoms with Gasteiger partial charge >= 0.3 is 0 Å². The Morgan fingerprint density at radius 1 is 1.37 bits per heavy atom. The molecule has 5 heteroatoms. The molecule has 1 unspecified atom stereocenters. The van der Waals surface area contributed by atoms with E-state index in [4.69, 9.17) is 9.47 Å². The van der Waals surface area contributed by atoms with Gasteiger partial charge in [0.25, 0.3) is 0 Å². The Balaban J connectivity index is 2.64. The first-order chi connectivity index (χ1) is 8.81. The maximum absolute atomic E-state index is 13.4. The van der Waals surface area contributed by atoms with Crippen molar-refractivity contribution < 1.29 is 13.9 Å². The molecule has 0 saturated carbocycles. The Morgan fingerprint density at radius 3 is 2.58 bits per heavy atom. The lowest BCUT2D eigenvalue weighted by molar-refractivity contribution is 0.0762. The van der Waals surface area contributed by atoms with E-state index in [-0.39, 0.29) is 17.5 Å². The van der Waals surface area contributed by atoms with Crippen LogP contribution in [-0.2, 0) is 4.74 Å². The van der Waals surface area contributed by atoms with E-state index in [0.717, 1.165) is 0 Å². The molecular weight excluding hydrogens is 313 g/mol. The minimum Gasteiger partial charge on any atom is -0.487 e. The molecule has 1 rings (SSSR count). The highest BCUT2D eigenvalue weighted by atomic mass is 79.9. The van der Waals surface area contributed by atoms with Crippen molar-refractivity contribution in [1.82, 2.24) is 5.32 Å². The molecule has 1 N–H and O–H groups in total. The number of nitrogens with one attached hydrogen (secondary N) is 1. The number of hydrogen-bond acceptors (Lipinski definition) is 3. The zero-order valence-corrected chi connectivity index (χ0v) is 13.4. The second-order valence-electron chi connectivity index (χ2n) is 5.40. The summed E-state index contributed by atoms with van der Waals surface area (Å²) >= 11 is 3.12. The molecule has 0 aliphatic rings. The highest BCUT2D eigenvalue weighted by Crippen LogP contribution is 2.21. The Bertz CT molecular complexity index is 407. The molecule has 1 aromatic carbocycles. The normalized spacial score (nSPS) is 13.4. The van der Waals surface area contributed by atoms with Crippen LogP contribution in [0.3, 0.4) is 0 Å². The molecular formula is C14H21BrFNO2. The number of methoxy groups -OCH3 is 1. The monoisotopic (exact) mass is 333 g/mol. The molecule has 19 heavy (non-hydrogen) atoms. The molecule has 0 amide bonds. The summed E-state index contributed by atoms with van der Waals surface area (Å²) in [5.74, 6) is 0.163. The molecule has 3 nitrogen and oxygen atoms in total. The molecule has 0 radical (unpaired) electrons. The van der Waals surface area contributed by atoms with Gasteiger partial charge in [0.05, 0.1) is 11.1 Å². The lowest BCUT2D eigenvalue weighted by atomic mass is 10.1. The van der Waals surface area contributed by atoms with Gasteiger partial charge in [0, 0.05) is 25.3 Å². The molecule has 0 bridgehead atoms. The fourth-order valence-corrected chi connectivity index (χ4v) is 1.73. The first kappa shape index (κ1) is 16.4. The van der Waals surface area contributed by atoms with Gasteiger partial charge in [0.15, 0.2) is 0 Å². The minimum absolute atomic E-state index is 0.000315. The molecule has 108 valence electrons. The third kappa shape index (κ3) is 6.36. The number of benzene rings is 1. The topological polar surface area (TPSA) is 30.5 Å². The van der Waals surface area contributed by atoms with Gasteiger partial charge in [-0.25, -0.2) is 4.39 Å². The number of ether oxygens (including phenoxy) is 2. The average Bonchev–Trinajstić information content (AvgIpc) is 2.30. The summed E-state index contributed by atoms with van der Waals surface area (Å²) in [6.45, 7) is 7.32. The van der Waals surface area contributed by atoms with Crippen molar-refractivity contribution in [3.05, 3.63) is 28.5 Å². The van der Waals surface area contributed by atoms with Crippen LogP contribution in [0.15, 0.2) is 22.7 Å². The number of hydrogen-bond donors (Lipinski definition) is 1. The molecule has 0 fully saturated rings. The lowest BCUT2D eigenvalue weighted by Crippen LogP contribution is -2.44. The van der Waals surface area contributed by atoms with Crippen LogP contribution >= 0.6 is 15.9 Å². The molecule has 1 atom stereocenters. The van der Waals surface area contributed by atoms with Crippen LogP contribution in [0.25, 0.3) is 0 Å². The zero-order chi connectivity index (χ0) is 14.5. The van der Waals surface area contributed by atoms with Crippen LogP contribution in [0.2, 0.25) is 0 Å². The van der Waals surface area contributed by atoms with E-state index in [1.165, 1.54) is 6.07 Å². The summed E-state index contributed by atoms with van der Waals surface area (Å²) in [7, 11) is 1.62. The summed E-state index contributed by atoms with van der Waals surface area (Å²) in [5.41, 5.74) is 0.000315. The Morgan fingerprint density at radius 2 is 2.05 bits per heavy atom. The largest absolute Gasteiger partial charge is 0.487 e. The van der Waals surface area contributed by atoms with Gasteiger partial charge < -0.3 is 14.8 Å². The third-order valence-electron chi connectivity index (χ3n) is 2.41. The highest BCUT2D eigenvalue weighted by Gasteiger charge is 2.16. The van der Waals surface area contributed by atoms with Crippen LogP contribution in [-0.4, -0.2) is 31.9 Å². The Labute approximate surface area is 122 Å². The Kier molecular flexibility index (Phi) is 6.23. The maximum Gasteiger partial charge on any atom is 0.141 e. The SMILES string of the molecule is COCC(CNC(C)(C)C)Oc1ccc(Br)c(F)c1. The van der Waals surface area contributed by atoms with Crippen LogP contribution in [0, 0.1) is 5.82 Å². The summed E-state index contributed by atoms with van der Waals surface area (Å²) < 4.78 is 24.7. The molecule has 1 aromatic rings. The lowest BCUT2D eigenvalue weighted by Gasteiger charge is -2.25. The van der Waals surface area contributed by atoms with Gasteiger partial charge in [0.1, 0.15) is 17.7 Å². The van der Waals surface area contributed by atoms with E-state index in [1.54, 1.807) is 19.2 Å². The van der Waals surface area contributed by atoms with E-state index >= 15 is 0 Å². The van der Waals surface area contributed by atoms with Gasteiger partial charge in [-0.2, -0.15) is 0 Å². The fourth-order valence-electron chi connectivity index (χ4n) is 1.48. The number of halogens is 2. The van der Waals surface area contributed by atoms with Gasteiger partial charge in [-0.05, 0) is 48.8 Å². The zero-order valence-electron chi connectivity index (χ0n) is 11.8. The first-order valence-electron chi connectivity index (χ1n) is 6.17. The molecule has 0 aromatic heterocycles. The molecule has 0 aliphatic heterocycles. The van der Waals surface area contributed by atoms with Crippen molar-refractivity contribution in [3.63, 3.8) is 0 Å². The van der Waals surface area contributed by atoms with Crippen molar-refractivity contribution in [2.75, 3.05) is 20.3 Å². The Hall–Kier alpha value is -0.650. The van der Waals surface area contributed by atoms with E-state index < -0.39 is 0 Å². The van der Waals surface area contributed by atoms with E-state index in [2.05, 4.69) is 42.0 Å². The minimum atomic E-state index is -0.336.